The van der Waals surface area contributed by atoms with Crippen LogP contribution in [0.25, 0.3) is 0 Å². The van der Waals surface area contributed by atoms with Gasteiger partial charge in [-0.15, -0.1) is 0 Å². The molecular formula is C25H34N4O. The summed E-state index contributed by atoms with van der Waals surface area (Å²) in [4.78, 5) is 24.3. The smallest absolute Gasteiger partial charge is 0.227 e. The van der Waals surface area contributed by atoms with Crippen LogP contribution in [-0.4, -0.2) is 64.9 Å². The number of rotatable bonds is 6. The lowest BCUT2D eigenvalue weighted by Gasteiger charge is -2.42. The van der Waals surface area contributed by atoms with E-state index >= 15 is 0 Å². The predicted molar refractivity (Wildman–Crippen MR) is 120 cm³/mol. The number of amides is 1. The Labute approximate surface area is 180 Å². The zero-order chi connectivity index (χ0) is 20.8. The van der Waals surface area contributed by atoms with Crippen molar-refractivity contribution in [2.24, 2.45) is 5.92 Å². The first-order valence-corrected chi connectivity index (χ1v) is 11.3. The lowest BCUT2D eigenvalue weighted by Crippen LogP contribution is -2.50. The molecule has 0 unspecified atom stereocenters. The van der Waals surface area contributed by atoms with Crippen molar-refractivity contribution in [3.63, 3.8) is 0 Å². The lowest BCUT2D eigenvalue weighted by molar-refractivity contribution is -0.137. The monoisotopic (exact) mass is 406 g/mol. The second-order valence-corrected chi connectivity index (χ2v) is 8.88. The third-order valence-corrected chi connectivity index (χ3v) is 6.67. The van der Waals surface area contributed by atoms with Crippen molar-refractivity contribution >= 4 is 5.91 Å². The predicted octanol–water partition coefficient (Wildman–Crippen LogP) is 3.42. The Hall–Kier alpha value is -2.24. The largest absolute Gasteiger partial charge is 0.341 e. The van der Waals surface area contributed by atoms with Gasteiger partial charge in [0.05, 0.1) is 5.92 Å². The third kappa shape index (κ3) is 5.46. The number of likely N-dealkylation sites (tertiary alicyclic amines) is 2. The van der Waals surface area contributed by atoms with Gasteiger partial charge in [-0.3, -0.25) is 19.6 Å². The van der Waals surface area contributed by atoms with Gasteiger partial charge in [-0.2, -0.15) is 0 Å². The highest BCUT2D eigenvalue weighted by Gasteiger charge is 2.32. The first-order valence-electron chi connectivity index (χ1n) is 11.3. The van der Waals surface area contributed by atoms with Gasteiger partial charge < -0.3 is 4.90 Å². The lowest BCUT2D eigenvalue weighted by atomic mass is 9.92. The van der Waals surface area contributed by atoms with Gasteiger partial charge in [0.1, 0.15) is 0 Å². The van der Waals surface area contributed by atoms with E-state index in [1.807, 2.05) is 42.5 Å². The fourth-order valence-electron chi connectivity index (χ4n) is 4.98. The van der Waals surface area contributed by atoms with Gasteiger partial charge in [0.25, 0.3) is 0 Å². The van der Waals surface area contributed by atoms with Crippen LogP contribution in [0.15, 0.2) is 54.9 Å². The van der Waals surface area contributed by atoms with Gasteiger partial charge in [-0.1, -0.05) is 30.3 Å². The number of hydrogen-bond donors (Lipinski definition) is 0. The molecular weight excluding hydrogens is 372 g/mol. The minimum absolute atomic E-state index is 0.141. The summed E-state index contributed by atoms with van der Waals surface area (Å²) in [5, 5.41) is 0. The van der Waals surface area contributed by atoms with Gasteiger partial charge >= 0.3 is 0 Å². The number of benzene rings is 1. The highest BCUT2D eigenvalue weighted by molar-refractivity contribution is 5.79. The summed E-state index contributed by atoms with van der Waals surface area (Å²) in [6.45, 7) is 6.05. The Morgan fingerprint density at radius 2 is 1.73 bits per heavy atom. The summed E-state index contributed by atoms with van der Waals surface area (Å²) < 4.78 is 0. The first-order chi connectivity index (χ1) is 14.7. The second-order valence-electron chi connectivity index (χ2n) is 8.88. The average Bonchev–Trinajstić information content (AvgIpc) is 2.80. The SMILES string of the molecule is CN(Cc1ccccc1)C(=O)[C@@H]1CCCN(C2CCN(Cc3ccncc3)CC2)C1. The van der Waals surface area contributed by atoms with Gasteiger partial charge in [-0.05, 0) is 68.6 Å². The van der Waals surface area contributed by atoms with Crippen molar-refractivity contribution in [2.45, 2.75) is 44.8 Å². The number of piperidine rings is 2. The molecule has 0 N–H and O–H groups in total. The Balaban J connectivity index is 1.26. The Morgan fingerprint density at radius 1 is 1.00 bits per heavy atom. The summed E-state index contributed by atoms with van der Waals surface area (Å²) in [6.07, 6.45) is 8.31. The van der Waals surface area contributed by atoms with Gasteiger partial charge in [0, 0.05) is 45.1 Å². The van der Waals surface area contributed by atoms with Crippen molar-refractivity contribution in [1.82, 2.24) is 19.7 Å². The van der Waals surface area contributed by atoms with Crippen LogP contribution in [0.3, 0.4) is 0 Å². The van der Waals surface area contributed by atoms with Crippen LogP contribution in [-0.2, 0) is 17.9 Å². The molecule has 2 aliphatic rings. The number of carbonyl (C=O) groups excluding carboxylic acids is 1. The van der Waals surface area contributed by atoms with Crippen molar-refractivity contribution < 1.29 is 4.79 Å². The number of pyridine rings is 1. The third-order valence-electron chi connectivity index (χ3n) is 6.67. The van der Waals surface area contributed by atoms with Crippen LogP contribution in [0.4, 0.5) is 0 Å². The van der Waals surface area contributed by atoms with Crippen LogP contribution in [0.1, 0.15) is 36.8 Å². The normalized spacial score (nSPS) is 21.4. The van der Waals surface area contributed by atoms with E-state index in [1.165, 1.54) is 24.0 Å². The topological polar surface area (TPSA) is 39.7 Å². The van der Waals surface area contributed by atoms with E-state index < -0.39 is 0 Å². The molecule has 1 amide bonds. The van der Waals surface area contributed by atoms with Crippen molar-refractivity contribution in [3.8, 4) is 0 Å². The number of hydrogen-bond acceptors (Lipinski definition) is 4. The van der Waals surface area contributed by atoms with Crippen LogP contribution in [0.5, 0.6) is 0 Å². The fraction of sp³-hybridized carbons (Fsp3) is 0.520. The number of aromatic nitrogens is 1. The molecule has 3 heterocycles. The van der Waals surface area contributed by atoms with E-state index in [0.29, 0.717) is 18.5 Å². The zero-order valence-corrected chi connectivity index (χ0v) is 18.1. The molecule has 0 aliphatic carbocycles. The molecule has 2 fully saturated rings. The number of nitrogens with zero attached hydrogens (tertiary/aromatic N) is 4. The molecule has 0 spiro atoms. The molecule has 0 radical (unpaired) electrons. The van der Waals surface area contributed by atoms with Crippen molar-refractivity contribution in [1.29, 1.82) is 0 Å². The maximum Gasteiger partial charge on any atom is 0.227 e. The molecule has 5 nitrogen and oxygen atoms in total. The Kier molecular flexibility index (Phi) is 7.13. The van der Waals surface area contributed by atoms with E-state index in [9.17, 15) is 4.79 Å². The molecule has 2 aromatic rings. The van der Waals surface area contributed by atoms with Crippen LogP contribution >= 0.6 is 0 Å². The quantitative estimate of drug-likeness (QED) is 0.737. The molecule has 1 atom stereocenters. The molecule has 1 aromatic carbocycles. The first kappa shape index (κ1) is 21.0. The molecule has 1 aromatic heterocycles. The molecule has 2 aliphatic heterocycles. The van der Waals surface area contributed by atoms with Crippen LogP contribution in [0.2, 0.25) is 0 Å². The van der Waals surface area contributed by atoms with Crippen LogP contribution < -0.4 is 0 Å². The molecule has 30 heavy (non-hydrogen) atoms. The standard InChI is InChI=1S/C25H34N4O/c1-27(18-21-6-3-2-4-7-21)25(30)23-8-5-15-29(20-23)24-11-16-28(17-12-24)19-22-9-13-26-14-10-22/h2-4,6-7,9-10,13-14,23-24H,5,8,11-12,15-20H2,1H3/t23-/m1/s1. The van der Waals surface area contributed by atoms with E-state index in [2.05, 4.69) is 39.0 Å². The maximum absolute atomic E-state index is 13.1. The van der Waals surface area contributed by atoms with E-state index in [4.69, 9.17) is 0 Å². The minimum atomic E-state index is 0.141. The summed E-state index contributed by atoms with van der Waals surface area (Å²) in [5.74, 6) is 0.445. The zero-order valence-electron chi connectivity index (χ0n) is 18.1. The Bertz CT molecular complexity index is 789. The van der Waals surface area contributed by atoms with E-state index in [0.717, 1.165) is 45.6 Å². The van der Waals surface area contributed by atoms with Gasteiger partial charge in [0.2, 0.25) is 5.91 Å². The maximum atomic E-state index is 13.1. The van der Waals surface area contributed by atoms with E-state index in [-0.39, 0.29) is 5.92 Å². The molecule has 0 bridgehead atoms. The highest BCUT2D eigenvalue weighted by Crippen LogP contribution is 2.26. The number of carbonyl (C=O) groups is 1. The van der Waals surface area contributed by atoms with Gasteiger partial charge in [-0.25, -0.2) is 0 Å². The molecule has 160 valence electrons. The molecule has 0 saturated carbocycles. The highest BCUT2D eigenvalue weighted by atomic mass is 16.2. The van der Waals surface area contributed by atoms with E-state index in [1.54, 1.807) is 0 Å². The van der Waals surface area contributed by atoms with Gasteiger partial charge in [0.15, 0.2) is 0 Å². The molecule has 4 rings (SSSR count). The fourth-order valence-corrected chi connectivity index (χ4v) is 4.98. The molecule has 2 saturated heterocycles. The summed E-state index contributed by atoms with van der Waals surface area (Å²) in [5.41, 5.74) is 2.54. The summed E-state index contributed by atoms with van der Waals surface area (Å²) in [6, 6.07) is 15.1. The van der Waals surface area contributed by atoms with Crippen molar-refractivity contribution in [2.75, 3.05) is 33.2 Å². The Morgan fingerprint density at radius 3 is 2.47 bits per heavy atom. The molecule has 5 heteroatoms. The second kappa shape index (κ2) is 10.2. The summed E-state index contributed by atoms with van der Waals surface area (Å²) in [7, 11) is 1.95. The summed E-state index contributed by atoms with van der Waals surface area (Å²) >= 11 is 0. The average molecular weight is 407 g/mol. The minimum Gasteiger partial charge on any atom is -0.341 e. The van der Waals surface area contributed by atoms with Crippen LogP contribution in [0, 0.1) is 5.92 Å². The van der Waals surface area contributed by atoms with Crippen molar-refractivity contribution in [3.05, 3.63) is 66.0 Å².